The van der Waals surface area contributed by atoms with Crippen molar-refractivity contribution in [2.24, 2.45) is 0 Å². The molecule has 27 heavy (non-hydrogen) atoms. The van der Waals surface area contributed by atoms with E-state index in [0.717, 1.165) is 30.8 Å². The number of aromatic nitrogens is 3. The van der Waals surface area contributed by atoms with Crippen molar-refractivity contribution in [3.63, 3.8) is 0 Å². The molecule has 9 heteroatoms. The minimum absolute atomic E-state index is 0.0345. The third kappa shape index (κ3) is 3.07. The smallest absolute Gasteiger partial charge is 0.255 e. The number of benzene rings is 1. The lowest BCUT2D eigenvalue weighted by atomic mass is 10.1. The van der Waals surface area contributed by atoms with Gasteiger partial charge in [-0.05, 0) is 19.2 Å². The van der Waals surface area contributed by atoms with Crippen molar-refractivity contribution in [1.29, 1.82) is 0 Å². The van der Waals surface area contributed by atoms with Gasteiger partial charge in [0, 0.05) is 31.3 Å². The fourth-order valence-corrected chi connectivity index (χ4v) is 4.74. The Balaban J connectivity index is 1.95. The molecule has 2 aromatic heterocycles. The average Bonchev–Trinajstić information content (AvgIpc) is 3.06. The lowest BCUT2D eigenvalue weighted by Gasteiger charge is -2.24. The number of aliphatic hydroxyl groups is 1. The Labute approximate surface area is 156 Å². The van der Waals surface area contributed by atoms with Crippen LogP contribution in [0, 0.1) is 0 Å². The highest BCUT2D eigenvalue weighted by molar-refractivity contribution is 7.91. The second kappa shape index (κ2) is 6.91. The molecular formula is C18H20N4O4S. The summed E-state index contributed by atoms with van der Waals surface area (Å²) < 4.78 is 33.6. The van der Waals surface area contributed by atoms with Crippen LogP contribution in [-0.4, -0.2) is 59.8 Å². The van der Waals surface area contributed by atoms with E-state index in [-0.39, 0.29) is 34.5 Å². The summed E-state index contributed by atoms with van der Waals surface area (Å²) in [5.74, 6) is -0.0345. The average molecular weight is 388 g/mol. The van der Waals surface area contributed by atoms with Crippen LogP contribution in [-0.2, 0) is 22.8 Å². The van der Waals surface area contributed by atoms with Crippen molar-refractivity contribution in [3.05, 3.63) is 47.8 Å². The molecule has 0 spiro atoms. The lowest BCUT2D eigenvalue weighted by molar-refractivity contribution is 0.193. The molecule has 1 aliphatic heterocycles. The molecule has 0 aliphatic carbocycles. The number of likely N-dealkylation sites (N-methyl/N-ethyl adjacent to an activating group) is 1. The number of rotatable bonds is 5. The minimum Gasteiger partial charge on any atom is -0.473 e. The topological polar surface area (TPSA) is 97.0 Å². The standard InChI is InChI=1S/C18H20N4O4S/c1-21-8-7-15-13(12-21)11-19-17-16(18(20-22(15)17)26-10-9-23)27(24,25)14-5-3-2-4-6-14/h2-6,11,23H,7-10,12H2,1H3. The van der Waals surface area contributed by atoms with E-state index in [1.807, 2.05) is 7.05 Å². The molecule has 1 aliphatic rings. The van der Waals surface area contributed by atoms with Crippen LogP contribution in [0.25, 0.3) is 5.65 Å². The molecular weight excluding hydrogens is 368 g/mol. The molecule has 1 N–H and O–H groups in total. The first kappa shape index (κ1) is 17.9. The zero-order valence-corrected chi connectivity index (χ0v) is 15.7. The van der Waals surface area contributed by atoms with Gasteiger partial charge in [0.25, 0.3) is 5.88 Å². The normalized spacial score (nSPS) is 15.0. The summed E-state index contributed by atoms with van der Waals surface area (Å²) in [5, 5.41) is 13.5. The Bertz CT molecular complexity index is 1080. The summed E-state index contributed by atoms with van der Waals surface area (Å²) in [6, 6.07) is 8.14. The Morgan fingerprint density at radius 3 is 2.78 bits per heavy atom. The van der Waals surface area contributed by atoms with E-state index < -0.39 is 9.84 Å². The molecule has 0 bridgehead atoms. The number of aliphatic hydroxyl groups excluding tert-OH is 1. The largest absolute Gasteiger partial charge is 0.473 e. The Kier molecular flexibility index (Phi) is 4.58. The molecule has 0 amide bonds. The second-order valence-electron chi connectivity index (χ2n) is 6.48. The quantitative estimate of drug-likeness (QED) is 0.694. The van der Waals surface area contributed by atoms with Gasteiger partial charge in [-0.15, -0.1) is 5.10 Å². The lowest BCUT2D eigenvalue weighted by Crippen LogP contribution is -2.28. The first-order chi connectivity index (χ1) is 13.0. The van der Waals surface area contributed by atoms with E-state index >= 15 is 0 Å². The van der Waals surface area contributed by atoms with Gasteiger partial charge in [0.05, 0.1) is 17.2 Å². The van der Waals surface area contributed by atoms with Gasteiger partial charge in [-0.25, -0.2) is 17.9 Å². The molecule has 3 heterocycles. The number of sulfone groups is 1. The van der Waals surface area contributed by atoms with Gasteiger partial charge >= 0.3 is 0 Å². The molecule has 0 radical (unpaired) electrons. The van der Waals surface area contributed by atoms with Crippen molar-refractivity contribution in [2.75, 3.05) is 26.8 Å². The van der Waals surface area contributed by atoms with Gasteiger partial charge in [0.15, 0.2) is 10.5 Å². The third-order valence-corrected chi connectivity index (χ3v) is 6.37. The summed E-state index contributed by atoms with van der Waals surface area (Å²) in [5.41, 5.74) is 2.19. The molecule has 8 nitrogen and oxygen atoms in total. The fourth-order valence-electron chi connectivity index (χ4n) is 3.28. The second-order valence-corrected chi connectivity index (χ2v) is 8.36. The summed E-state index contributed by atoms with van der Waals surface area (Å²) in [6.45, 7) is 1.28. The molecule has 3 aromatic rings. The fraction of sp³-hybridized carbons (Fsp3) is 0.333. The monoisotopic (exact) mass is 388 g/mol. The summed E-state index contributed by atoms with van der Waals surface area (Å²) in [4.78, 5) is 6.65. The molecule has 1 aromatic carbocycles. The van der Waals surface area contributed by atoms with Crippen LogP contribution < -0.4 is 4.74 Å². The van der Waals surface area contributed by atoms with Crippen LogP contribution in [0.1, 0.15) is 11.3 Å². The van der Waals surface area contributed by atoms with Crippen LogP contribution in [0.2, 0.25) is 0 Å². The molecule has 142 valence electrons. The molecule has 0 fully saturated rings. The van der Waals surface area contributed by atoms with E-state index in [1.165, 1.54) is 12.1 Å². The molecule has 0 saturated carbocycles. The summed E-state index contributed by atoms with van der Waals surface area (Å²) >= 11 is 0. The predicted molar refractivity (Wildman–Crippen MR) is 97.5 cm³/mol. The highest BCUT2D eigenvalue weighted by Gasteiger charge is 2.31. The molecule has 4 rings (SSSR count). The highest BCUT2D eigenvalue weighted by atomic mass is 32.2. The zero-order valence-electron chi connectivity index (χ0n) is 14.9. The zero-order chi connectivity index (χ0) is 19.0. The Hall–Kier alpha value is -2.49. The summed E-state index contributed by atoms with van der Waals surface area (Å²) in [6.07, 6.45) is 2.44. The maximum atomic E-state index is 13.3. The van der Waals surface area contributed by atoms with Gasteiger partial charge in [-0.1, -0.05) is 18.2 Å². The van der Waals surface area contributed by atoms with Crippen molar-refractivity contribution < 1.29 is 18.3 Å². The van der Waals surface area contributed by atoms with Gasteiger partial charge in [0.1, 0.15) is 6.61 Å². The third-order valence-electron chi connectivity index (χ3n) is 4.58. The van der Waals surface area contributed by atoms with Gasteiger partial charge in [-0.2, -0.15) is 0 Å². The SMILES string of the molecule is CN1CCc2c(cnc3c(S(=O)(=O)c4ccccc4)c(OCCO)nn23)C1. The Morgan fingerprint density at radius 1 is 1.26 bits per heavy atom. The van der Waals surface area contributed by atoms with Crippen LogP contribution in [0.3, 0.4) is 0 Å². The number of ether oxygens (including phenoxy) is 1. The van der Waals surface area contributed by atoms with Crippen LogP contribution in [0.5, 0.6) is 5.88 Å². The minimum atomic E-state index is -3.88. The molecule has 0 unspecified atom stereocenters. The van der Waals surface area contributed by atoms with Crippen molar-refractivity contribution in [3.8, 4) is 5.88 Å². The van der Waals surface area contributed by atoms with E-state index in [9.17, 15) is 8.42 Å². The Morgan fingerprint density at radius 2 is 2.04 bits per heavy atom. The van der Waals surface area contributed by atoms with Gasteiger partial charge < -0.3 is 14.7 Å². The predicted octanol–water partition coefficient (Wildman–Crippen LogP) is 0.921. The van der Waals surface area contributed by atoms with Crippen LogP contribution in [0.4, 0.5) is 0 Å². The summed E-state index contributed by atoms with van der Waals surface area (Å²) in [7, 11) is -1.86. The van der Waals surface area contributed by atoms with E-state index in [2.05, 4.69) is 15.0 Å². The molecule has 0 atom stereocenters. The van der Waals surface area contributed by atoms with E-state index in [0.29, 0.717) is 0 Å². The van der Waals surface area contributed by atoms with Gasteiger partial charge in [0.2, 0.25) is 9.84 Å². The van der Waals surface area contributed by atoms with Gasteiger partial charge in [-0.3, -0.25) is 0 Å². The van der Waals surface area contributed by atoms with Crippen LogP contribution in [0.15, 0.2) is 46.3 Å². The van der Waals surface area contributed by atoms with Crippen molar-refractivity contribution in [1.82, 2.24) is 19.5 Å². The van der Waals surface area contributed by atoms with Crippen molar-refractivity contribution >= 4 is 15.5 Å². The number of nitrogens with zero attached hydrogens (tertiary/aromatic N) is 4. The highest BCUT2D eigenvalue weighted by Crippen LogP contribution is 2.33. The van der Waals surface area contributed by atoms with Crippen molar-refractivity contribution in [2.45, 2.75) is 22.8 Å². The number of fused-ring (bicyclic) bond motifs is 3. The van der Waals surface area contributed by atoms with E-state index in [1.54, 1.807) is 28.9 Å². The molecule has 0 saturated heterocycles. The van der Waals surface area contributed by atoms with Crippen LogP contribution >= 0.6 is 0 Å². The number of hydrogen-bond donors (Lipinski definition) is 1. The maximum absolute atomic E-state index is 13.3. The first-order valence-corrected chi connectivity index (χ1v) is 10.1. The maximum Gasteiger partial charge on any atom is 0.255 e. The van der Waals surface area contributed by atoms with E-state index in [4.69, 9.17) is 9.84 Å². The first-order valence-electron chi connectivity index (χ1n) is 8.64. The number of hydrogen-bond acceptors (Lipinski definition) is 7.